The topological polar surface area (TPSA) is 88.8 Å². The van der Waals surface area contributed by atoms with Gasteiger partial charge < -0.3 is 14.3 Å². The highest BCUT2D eigenvalue weighted by molar-refractivity contribution is 7.16. The summed E-state index contributed by atoms with van der Waals surface area (Å²) >= 11 is 1.46. The second-order valence-corrected chi connectivity index (χ2v) is 10.0. The fourth-order valence-electron chi connectivity index (χ4n) is 4.56. The lowest BCUT2D eigenvalue weighted by atomic mass is 9.93. The van der Waals surface area contributed by atoms with Crippen LogP contribution in [0.1, 0.15) is 24.0 Å². The predicted octanol–water partition coefficient (Wildman–Crippen LogP) is 7.69. The number of aliphatic carboxylic acids is 1. The van der Waals surface area contributed by atoms with Crippen molar-refractivity contribution in [1.82, 2.24) is 0 Å². The van der Waals surface area contributed by atoms with Crippen LogP contribution in [0.15, 0.2) is 94.7 Å². The third kappa shape index (κ3) is 4.38. The Morgan fingerprint density at radius 2 is 1.54 bits per heavy atom. The van der Waals surface area contributed by atoms with Crippen LogP contribution in [0.2, 0.25) is 0 Å². The highest BCUT2D eigenvalue weighted by Crippen LogP contribution is 2.48. The van der Waals surface area contributed by atoms with Crippen molar-refractivity contribution in [2.24, 2.45) is 0 Å². The van der Waals surface area contributed by atoms with Gasteiger partial charge in [0.2, 0.25) is 0 Å². The van der Waals surface area contributed by atoms with Gasteiger partial charge in [-0.05, 0) is 46.5 Å². The van der Waals surface area contributed by atoms with Crippen molar-refractivity contribution in [2.45, 2.75) is 24.9 Å². The number of carbonyl (C=O) groups excluding carboxylic acids is 1. The highest BCUT2D eigenvalue weighted by Gasteiger charge is 2.51. The Bertz CT molecular complexity index is 1580. The summed E-state index contributed by atoms with van der Waals surface area (Å²) in [7, 11) is 0. The molecule has 0 unspecified atom stereocenters. The number of amides is 1. The first-order valence-electron chi connectivity index (χ1n) is 12.0. The quantitative estimate of drug-likeness (QED) is 0.235. The van der Waals surface area contributed by atoms with E-state index in [2.05, 4.69) is 5.32 Å². The summed E-state index contributed by atoms with van der Waals surface area (Å²) < 4.78 is 11.5. The van der Waals surface area contributed by atoms with Crippen LogP contribution in [-0.4, -0.2) is 17.2 Å². The fraction of sp³-hybridized carbons (Fsp3) is 0.133. The van der Waals surface area contributed by atoms with Crippen LogP contribution >= 0.6 is 11.3 Å². The van der Waals surface area contributed by atoms with E-state index in [-0.39, 0.29) is 6.61 Å². The van der Waals surface area contributed by atoms with E-state index in [4.69, 9.17) is 9.15 Å². The third-order valence-electron chi connectivity index (χ3n) is 6.84. The molecule has 7 heteroatoms. The molecule has 2 aromatic heterocycles. The maximum Gasteiger partial charge on any atom is 0.412 e. The largest absolute Gasteiger partial charge is 0.481 e. The second kappa shape index (κ2) is 9.26. The molecule has 184 valence electrons. The number of carboxylic acids is 1. The van der Waals surface area contributed by atoms with Gasteiger partial charge in [0.25, 0.3) is 0 Å². The summed E-state index contributed by atoms with van der Waals surface area (Å²) in [4.78, 5) is 24.9. The molecule has 1 fully saturated rings. The number of carbonyl (C=O) groups is 2. The predicted molar refractivity (Wildman–Crippen MR) is 144 cm³/mol. The van der Waals surface area contributed by atoms with Crippen LogP contribution in [-0.2, 0) is 21.6 Å². The molecule has 1 aliphatic carbocycles. The summed E-state index contributed by atoms with van der Waals surface area (Å²) in [5.74, 6) is -0.186. The number of rotatable bonds is 7. The Labute approximate surface area is 217 Å². The summed E-state index contributed by atoms with van der Waals surface area (Å²) in [5.41, 5.74) is 4.45. The van der Waals surface area contributed by atoms with Gasteiger partial charge in [0.15, 0.2) is 10.7 Å². The van der Waals surface area contributed by atoms with E-state index in [0.717, 1.165) is 38.1 Å². The van der Waals surface area contributed by atoms with Crippen molar-refractivity contribution in [2.75, 3.05) is 5.32 Å². The molecule has 0 radical (unpaired) electrons. The van der Waals surface area contributed by atoms with Gasteiger partial charge in [-0.2, -0.15) is 0 Å². The lowest BCUT2D eigenvalue weighted by molar-refractivity contribution is -0.140. The smallest absolute Gasteiger partial charge is 0.412 e. The summed E-state index contributed by atoms with van der Waals surface area (Å²) in [6.45, 7) is 0.174. The molecule has 0 aliphatic heterocycles. The second-order valence-electron chi connectivity index (χ2n) is 9.16. The summed E-state index contributed by atoms with van der Waals surface area (Å²) in [6.07, 6.45) is 0.825. The fourth-order valence-corrected chi connectivity index (χ4v) is 5.32. The maximum absolute atomic E-state index is 12.6. The maximum atomic E-state index is 12.6. The van der Waals surface area contributed by atoms with Crippen molar-refractivity contribution in [3.8, 4) is 22.5 Å². The molecular weight excluding hydrogens is 486 g/mol. The van der Waals surface area contributed by atoms with Gasteiger partial charge in [-0.25, -0.2) is 4.79 Å². The molecule has 0 bridgehead atoms. The van der Waals surface area contributed by atoms with Crippen LogP contribution in [0.5, 0.6) is 0 Å². The zero-order valence-electron chi connectivity index (χ0n) is 19.8. The molecule has 1 aliphatic rings. The lowest BCUT2D eigenvalue weighted by Gasteiger charge is -2.11. The minimum atomic E-state index is -0.753. The van der Waals surface area contributed by atoms with E-state index >= 15 is 0 Å². The number of ether oxygens (including phenoxy) is 1. The Morgan fingerprint density at radius 3 is 2.19 bits per heavy atom. The normalized spacial score (nSPS) is 13.8. The third-order valence-corrected chi connectivity index (χ3v) is 7.63. The molecule has 1 saturated carbocycles. The minimum absolute atomic E-state index is 0.174. The number of hydrogen-bond acceptors (Lipinski definition) is 5. The van der Waals surface area contributed by atoms with Gasteiger partial charge in [0, 0.05) is 5.56 Å². The van der Waals surface area contributed by atoms with Crippen LogP contribution in [0.4, 0.5) is 10.5 Å². The molecule has 5 aromatic rings. The van der Waals surface area contributed by atoms with E-state index in [1.807, 2.05) is 90.3 Å². The SMILES string of the molecule is O=C(Nc1c(-c2ccc(-c3ccc(C4(C(=O)O)CC4)cc3)cc2)oc2sccc12)OCc1ccccc1. The molecule has 0 atom stereocenters. The standard InChI is InChI=1S/C30H23NO5S/c32-28(33)30(15-16-30)23-12-10-21(11-13-23)20-6-8-22(9-7-20)26-25(24-14-17-37-27(24)36-26)31-29(34)35-18-19-4-2-1-3-5-19/h1-14,17H,15-16,18H2,(H,31,34)(H,32,33). The molecule has 1 amide bonds. The summed E-state index contributed by atoms with van der Waals surface area (Å²) in [5, 5.41) is 15.2. The van der Waals surface area contributed by atoms with Crippen molar-refractivity contribution in [3.05, 3.63) is 101 Å². The first-order chi connectivity index (χ1) is 18.0. The number of anilines is 1. The zero-order valence-corrected chi connectivity index (χ0v) is 20.6. The first kappa shape index (κ1) is 23.1. The lowest BCUT2D eigenvalue weighted by Crippen LogP contribution is -2.19. The summed E-state index contributed by atoms with van der Waals surface area (Å²) in [6, 6.07) is 27.1. The molecule has 37 heavy (non-hydrogen) atoms. The number of fused-ring (bicyclic) bond motifs is 1. The molecular formula is C30H23NO5S. The number of thiophene rings is 1. The average molecular weight is 510 g/mol. The number of nitrogens with one attached hydrogen (secondary N) is 1. The molecule has 6 rings (SSSR count). The first-order valence-corrected chi connectivity index (χ1v) is 12.8. The molecule has 6 nitrogen and oxygen atoms in total. The monoisotopic (exact) mass is 509 g/mol. The van der Waals surface area contributed by atoms with E-state index in [1.165, 1.54) is 11.3 Å². The van der Waals surface area contributed by atoms with Crippen molar-refractivity contribution >= 4 is 39.4 Å². The van der Waals surface area contributed by atoms with Crippen molar-refractivity contribution < 1.29 is 23.8 Å². The average Bonchev–Trinajstić information content (AvgIpc) is 3.51. The van der Waals surface area contributed by atoms with E-state index in [9.17, 15) is 14.7 Å². The minimum Gasteiger partial charge on any atom is -0.481 e. The molecule has 0 saturated heterocycles. The van der Waals surface area contributed by atoms with E-state index < -0.39 is 17.5 Å². The van der Waals surface area contributed by atoms with Crippen molar-refractivity contribution in [1.29, 1.82) is 0 Å². The van der Waals surface area contributed by atoms with Gasteiger partial charge in [0.1, 0.15) is 6.61 Å². The van der Waals surface area contributed by atoms with Gasteiger partial charge >= 0.3 is 12.1 Å². The Hall–Kier alpha value is -4.36. The molecule has 3 aromatic carbocycles. The number of hydrogen-bond donors (Lipinski definition) is 2. The van der Waals surface area contributed by atoms with Gasteiger partial charge in [-0.3, -0.25) is 10.1 Å². The Kier molecular flexibility index (Phi) is 5.77. The van der Waals surface area contributed by atoms with Crippen LogP contribution in [0, 0.1) is 0 Å². The van der Waals surface area contributed by atoms with Crippen LogP contribution < -0.4 is 5.32 Å². The van der Waals surface area contributed by atoms with E-state index in [0.29, 0.717) is 24.3 Å². The number of benzene rings is 3. The molecule has 0 spiro atoms. The highest BCUT2D eigenvalue weighted by atomic mass is 32.1. The van der Waals surface area contributed by atoms with Gasteiger partial charge in [-0.15, -0.1) is 11.3 Å². The zero-order chi connectivity index (χ0) is 25.4. The Balaban J connectivity index is 1.22. The number of furan rings is 1. The molecule has 2 heterocycles. The Morgan fingerprint density at radius 1 is 0.892 bits per heavy atom. The van der Waals surface area contributed by atoms with Crippen LogP contribution in [0.25, 0.3) is 32.7 Å². The number of carboxylic acid groups (broad SMARTS) is 1. The van der Waals surface area contributed by atoms with E-state index in [1.54, 1.807) is 0 Å². The molecule has 2 N–H and O–H groups in total. The van der Waals surface area contributed by atoms with Crippen LogP contribution in [0.3, 0.4) is 0 Å². The van der Waals surface area contributed by atoms with Gasteiger partial charge in [0.05, 0.1) is 16.5 Å². The van der Waals surface area contributed by atoms with Gasteiger partial charge in [-0.1, -0.05) is 78.9 Å². The van der Waals surface area contributed by atoms with Crippen molar-refractivity contribution in [3.63, 3.8) is 0 Å².